The molecule has 3 N–H and O–H groups in total. The van der Waals surface area contributed by atoms with Crippen molar-refractivity contribution >= 4 is 34.5 Å². The van der Waals surface area contributed by atoms with Crippen LogP contribution in [-0.4, -0.2) is 29.8 Å². The Labute approximate surface area is 180 Å². The lowest BCUT2D eigenvalue weighted by Crippen LogP contribution is -2.12. The van der Waals surface area contributed by atoms with Gasteiger partial charge in [-0.05, 0) is 48.9 Å². The summed E-state index contributed by atoms with van der Waals surface area (Å²) in [5.74, 6) is 1.11. The molecule has 6 nitrogen and oxygen atoms in total. The molecule has 0 amide bonds. The number of aromatic nitrogens is 2. The van der Waals surface area contributed by atoms with Crippen LogP contribution < -0.4 is 15.4 Å². The summed E-state index contributed by atoms with van der Waals surface area (Å²) < 4.78 is 18.6. The van der Waals surface area contributed by atoms with Crippen molar-refractivity contribution in [1.29, 1.82) is 5.41 Å². The van der Waals surface area contributed by atoms with Crippen molar-refractivity contribution in [3.05, 3.63) is 59.0 Å². The number of hydrogen-bond donors (Lipinski definition) is 3. The van der Waals surface area contributed by atoms with E-state index in [1.807, 2.05) is 13.0 Å². The molecule has 156 valence electrons. The molecule has 0 atom stereocenters. The van der Waals surface area contributed by atoms with Crippen LogP contribution in [0.15, 0.2) is 42.5 Å². The van der Waals surface area contributed by atoms with Gasteiger partial charge in [0.25, 0.3) is 0 Å². The number of ether oxygens (including phenoxy) is 1. The lowest BCUT2D eigenvalue weighted by Gasteiger charge is -2.17. The summed E-state index contributed by atoms with van der Waals surface area (Å²) in [5.41, 5.74) is 2.85. The van der Waals surface area contributed by atoms with Crippen LogP contribution in [0.5, 0.6) is 5.75 Å². The molecule has 1 heterocycles. The number of benzene rings is 2. The van der Waals surface area contributed by atoms with E-state index in [0.29, 0.717) is 57.2 Å². The van der Waals surface area contributed by atoms with E-state index in [4.69, 9.17) is 21.7 Å². The maximum Gasteiger partial charge on any atom is 0.162 e. The summed E-state index contributed by atoms with van der Waals surface area (Å²) in [6.07, 6.45) is 1.39. The van der Waals surface area contributed by atoms with Gasteiger partial charge >= 0.3 is 0 Å². The topological polar surface area (TPSA) is 82.9 Å². The molecular formula is C22H23ClFN5O. The summed E-state index contributed by atoms with van der Waals surface area (Å²) in [6, 6.07) is 11.3. The molecule has 3 aromatic rings. The summed E-state index contributed by atoms with van der Waals surface area (Å²) in [7, 11) is 3.31. The van der Waals surface area contributed by atoms with Crippen molar-refractivity contribution in [3.8, 4) is 17.1 Å². The Balaban J connectivity index is 2.12. The fraction of sp³-hybridized carbons (Fsp3) is 0.227. The van der Waals surface area contributed by atoms with Gasteiger partial charge in [0.05, 0.1) is 17.8 Å². The Morgan fingerprint density at radius 2 is 1.90 bits per heavy atom. The van der Waals surface area contributed by atoms with Gasteiger partial charge in [0, 0.05) is 18.3 Å². The Bertz CT molecular complexity index is 1060. The highest BCUT2D eigenvalue weighted by Gasteiger charge is 2.18. The van der Waals surface area contributed by atoms with Gasteiger partial charge in [-0.3, -0.25) is 0 Å². The molecule has 0 bridgehead atoms. The van der Waals surface area contributed by atoms with Crippen LogP contribution in [-0.2, 0) is 0 Å². The quantitative estimate of drug-likeness (QED) is 0.390. The normalized spacial score (nSPS) is 10.6. The second kappa shape index (κ2) is 9.54. The summed E-state index contributed by atoms with van der Waals surface area (Å²) in [5, 5.41) is 15.3. The minimum Gasteiger partial charge on any atom is -0.495 e. The zero-order valence-corrected chi connectivity index (χ0v) is 17.8. The van der Waals surface area contributed by atoms with Crippen molar-refractivity contribution in [2.45, 2.75) is 19.8 Å². The predicted molar refractivity (Wildman–Crippen MR) is 120 cm³/mol. The molecule has 2 aromatic carbocycles. The summed E-state index contributed by atoms with van der Waals surface area (Å²) in [4.78, 5) is 9.24. The number of halogens is 2. The zero-order chi connectivity index (χ0) is 21.7. The SMILES string of the molecule is CCCC(=N)c1nc(-c2ccc(F)cc2)nc(Nc2ccc(OC)c(Cl)c2)c1NC. The lowest BCUT2D eigenvalue weighted by atomic mass is 10.1. The molecule has 8 heteroatoms. The maximum atomic E-state index is 13.4. The second-order valence-corrected chi connectivity index (χ2v) is 6.99. The first kappa shape index (κ1) is 21.5. The van der Waals surface area contributed by atoms with Crippen LogP contribution in [0.1, 0.15) is 25.5 Å². The first-order valence-electron chi connectivity index (χ1n) is 9.50. The molecule has 0 unspecified atom stereocenters. The van der Waals surface area contributed by atoms with Crippen LogP contribution in [0.25, 0.3) is 11.4 Å². The van der Waals surface area contributed by atoms with Crippen molar-refractivity contribution < 1.29 is 9.13 Å². The van der Waals surface area contributed by atoms with E-state index in [1.165, 1.54) is 12.1 Å². The van der Waals surface area contributed by atoms with Crippen LogP contribution >= 0.6 is 11.6 Å². The van der Waals surface area contributed by atoms with Gasteiger partial charge in [-0.25, -0.2) is 14.4 Å². The molecule has 0 radical (unpaired) electrons. The Hall–Kier alpha value is -3.19. The molecule has 0 saturated heterocycles. The number of rotatable bonds is 8. The van der Waals surface area contributed by atoms with Gasteiger partial charge < -0.3 is 20.8 Å². The van der Waals surface area contributed by atoms with Crippen molar-refractivity contribution in [3.63, 3.8) is 0 Å². The summed E-state index contributed by atoms with van der Waals surface area (Å²) in [6.45, 7) is 2.01. The third-order valence-electron chi connectivity index (χ3n) is 4.46. The summed E-state index contributed by atoms with van der Waals surface area (Å²) >= 11 is 6.25. The van der Waals surface area contributed by atoms with E-state index in [9.17, 15) is 4.39 Å². The van der Waals surface area contributed by atoms with Crippen LogP contribution in [0.2, 0.25) is 5.02 Å². The van der Waals surface area contributed by atoms with Crippen LogP contribution in [0.3, 0.4) is 0 Å². The van der Waals surface area contributed by atoms with E-state index in [-0.39, 0.29) is 5.82 Å². The Morgan fingerprint density at radius 1 is 1.17 bits per heavy atom. The van der Waals surface area contributed by atoms with E-state index in [0.717, 1.165) is 6.42 Å². The number of nitrogens with zero attached hydrogens (tertiary/aromatic N) is 2. The van der Waals surface area contributed by atoms with E-state index in [1.54, 1.807) is 38.4 Å². The molecule has 0 saturated carbocycles. The molecule has 3 rings (SSSR count). The molecule has 0 aliphatic heterocycles. The molecule has 0 fully saturated rings. The minimum absolute atomic E-state index is 0.337. The number of hydrogen-bond acceptors (Lipinski definition) is 6. The first-order valence-corrected chi connectivity index (χ1v) is 9.88. The standard InChI is InChI=1S/C22H23ClFN5O/c1-4-5-17(25)19-20(26-2)22(27-15-10-11-18(30-3)16(23)12-15)29-21(28-19)13-6-8-14(24)9-7-13/h6-12,25-26H,4-5H2,1-3H3,(H,27,28,29). The predicted octanol–water partition coefficient (Wildman–Crippen LogP) is 5.90. The van der Waals surface area contributed by atoms with Crippen LogP contribution in [0, 0.1) is 11.2 Å². The first-order chi connectivity index (χ1) is 14.5. The number of nitrogens with one attached hydrogen (secondary N) is 3. The Kier molecular flexibility index (Phi) is 6.84. The molecule has 0 aliphatic rings. The molecular weight excluding hydrogens is 405 g/mol. The second-order valence-electron chi connectivity index (χ2n) is 6.58. The minimum atomic E-state index is -0.337. The van der Waals surface area contributed by atoms with Gasteiger partial charge in [-0.2, -0.15) is 0 Å². The third-order valence-corrected chi connectivity index (χ3v) is 4.76. The smallest absolute Gasteiger partial charge is 0.162 e. The number of methoxy groups -OCH3 is 1. The van der Waals surface area contributed by atoms with Crippen molar-refractivity contribution in [2.75, 3.05) is 24.8 Å². The molecule has 30 heavy (non-hydrogen) atoms. The van der Waals surface area contributed by atoms with Crippen molar-refractivity contribution in [2.24, 2.45) is 0 Å². The van der Waals surface area contributed by atoms with Gasteiger partial charge in [-0.15, -0.1) is 0 Å². The highest BCUT2D eigenvalue weighted by atomic mass is 35.5. The van der Waals surface area contributed by atoms with Crippen molar-refractivity contribution in [1.82, 2.24) is 9.97 Å². The maximum absolute atomic E-state index is 13.4. The van der Waals surface area contributed by atoms with Gasteiger partial charge in [0.2, 0.25) is 0 Å². The third kappa shape index (κ3) is 4.68. The molecule has 0 spiro atoms. The zero-order valence-electron chi connectivity index (χ0n) is 17.0. The number of anilines is 3. The monoisotopic (exact) mass is 427 g/mol. The van der Waals surface area contributed by atoms with Gasteiger partial charge in [-0.1, -0.05) is 24.9 Å². The van der Waals surface area contributed by atoms with Gasteiger partial charge in [0.15, 0.2) is 11.6 Å². The Morgan fingerprint density at radius 3 is 2.50 bits per heavy atom. The van der Waals surface area contributed by atoms with E-state index < -0.39 is 0 Å². The molecule has 1 aromatic heterocycles. The van der Waals surface area contributed by atoms with E-state index >= 15 is 0 Å². The van der Waals surface area contributed by atoms with Crippen LogP contribution in [0.4, 0.5) is 21.6 Å². The average Bonchev–Trinajstić information content (AvgIpc) is 2.74. The highest BCUT2D eigenvalue weighted by molar-refractivity contribution is 6.32. The molecule has 0 aliphatic carbocycles. The fourth-order valence-corrected chi connectivity index (χ4v) is 3.24. The largest absolute Gasteiger partial charge is 0.495 e. The highest BCUT2D eigenvalue weighted by Crippen LogP contribution is 2.33. The lowest BCUT2D eigenvalue weighted by molar-refractivity contribution is 0.415. The van der Waals surface area contributed by atoms with E-state index in [2.05, 4.69) is 20.6 Å². The average molecular weight is 428 g/mol. The fourth-order valence-electron chi connectivity index (χ4n) is 2.98. The van der Waals surface area contributed by atoms with Gasteiger partial charge in [0.1, 0.15) is 22.9 Å².